The standard InChI is InChI=1S/C26H21ClN6O4/c27-19-3-1-17(2-4-19)16-33-25(35)22(31-24(34)18-9-12-28-13-10-18)15-29-26(33)30-20-5-7-21(8-6-20)37-23-11-14-36-32-23/h1-14,22H,15-16H2,(H,29,30)(H,31,34). The van der Waals surface area contributed by atoms with Gasteiger partial charge in [0, 0.05) is 34.7 Å². The molecule has 2 aromatic carbocycles. The first-order valence-electron chi connectivity index (χ1n) is 11.3. The summed E-state index contributed by atoms with van der Waals surface area (Å²) in [7, 11) is 0. The van der Waals surface area contributed by atoms with Crippen molar-refractivity contribution in [3.8, 4) is 11.6 Å². The van der Waals surface area contributed by atoms with Gasteiger partial charge in [0.05, 0.1) is 13.1 Å². The summed E-state index contributed by atoms with van der Waals surface area (Å²) in [4.78, 5) is 36.2. The molecule has 0 saturated heterocycles. The molecule has 11 heteroatoms. The topological polar surface area (TPSA) is 122 Å². The van der Waals surface area contributed by atoms with E-state index in [1.165, 1.54) is 23.6 Å². The minimum Gasteiger partial charge on any atom is -0.436 e. The lowest BCUT2D eigenvalue weighted by Crippen LogP contribution is -2.56. The number of pyridine rings is 1. The Morgan fingerprint density at radius 2 is 1.81 bits per heavy atom. The van der Waals surface area contributed by atoms with Gasteiger partial charge in [-0.05, 0) is 59.3 Å². The Hall–Kier alpha value is -4.70. The minimum atomic E-state index is -0.822. The van der Waals surface area contributed by atoms with Gasteiger partial charge in [0.25, 0.3) is 17.7 Å². The van der Waals surface area contributed by atoms with Crippen LogP contribution in [0.3, 0.4) is 0 Å². The third-order valence-corrected chi connectivity index (χ3v) is 5.74. The van der Waals surface area contributed by atoms with E-state index in [9.17, 15) is 9.59 Å². The number of halogens is 1. The molecule has 1 aliphatic heterocycles. The fourth-order valence-electron chi connectivity index (χ4n) is 3.63. The van der Waals surface area contributed by atoms with Gasteiger partial charge >= 0.3 is 0 Å². The largest absolute Gasteiger partial charge is 0.436 e. The van der Waals surface area contributed by atoms with Crippen LogP contribution in [0, 0.1) is 0 Å². The van der Waals surface area contributed by atoms with E-state index in [1.54, 1.807) is 54.6 Å². The number of amides is 2. The number of nitrogens with zero attached hydrogens (tertiary/aromatic N) is 4. The summed E-state index contributed by atoms with van der Waals surface area (Å²) in [5.41, 5.74) is 1.96. The summed E-state index contributed by atoms with van der Waals surface area (Å²) >= 11 is 6.03. The van der Waals surface area contributed by atoms with Gasteiger partial charge in [0.15, 0.2) is 0 Å². The number of carbonyl (C=O) groups is 2. The first-order valence-corrected chi connectivity index (χ1v) is 11.7. The number of benzene rings is 2. The molecular formula is C26H21ClN6O4. The molecule has 0 spiro atoms. The molecule has 10 nitrogen and oxygen atoms in total. The molecule has 0 aliphatic carbocycles. The van der Waals surface area contributed by atoms with Crippen LogP contribution in [0.1, 0.15) is 15.9 Å². The Labute approximate surface area is 216 Å². The van der Waals surface area contributed by atoms with Crippen LogP contribution < -0.4 is 15.4 Å². The van der Waals surface area contributed by atoms with E-state index in [0.29, 0.717) is 33.9 Å². The lowest BCUT2D eigenvalue weighted by Gasteiger charge is -2.32. The predicted octanol–water partition coefficient (Wildman–Crippen LogP) is 4.12. The molecule has 2 amide bonds. The number of hydrogen-bond donors (Lipinski definition) is 2. The van der Waals surface area contributed by atoms with Gasteiger partial charge in [0.1, 0.15) is 18.1 Å². The zero-order valence-electron chi connectivity index (χ0n) is 19.4. The van der Waals surface area contributed by atoms with E-state index in [-0.39, 0.29) is 24.9 Å². The molecule has 0 saturated carbocycles. The van der Waals surface area contributed by atoms with Gasteiger partial charge in [-0.15, -0.1) is 0 Å². The van der Waals surface area contributed by atoms with Crippen LogP contribution >= 0.6 is 11.6 Å². The maximum Gasteiger partial charge on any atom is 0.259 e. The summed E-state index contributed by atoms with van der Waals surface area (Å²) in [6, 6.07) is 18.2. The maximum absolute atomic E-state index is 13.5. The van der Waals surface area contributed by atoms with Crippen LogP contribution in [0.2, 0.25) is 5.02 Å². The van der Waals surface area contributed by atoms with Crippen molar-refractivity contribution in [2.75, 3.05) is 11.9 Å². The van der Waals surface area contributed by atoms with Gasteiger partial charge in [-0.2, -0.15) is 0 Å². The molecule has 1 atom stereocenters. The Bertz CT molecular complexity index is 1390. The van der Waals surface area contributed by atoms with E-state index in [1.807, 2.05) is 12.1 Å². The highest BCUT2D eigenvalue weighted by atomic mass is 35.5. The SMILES string of the molecule is O=C(NC1CN=C(Nc2ccc(Oc3ccon3)cc2)N(Cc2ccc(Cl)cc2)C1=O)c1ccncc1. The highest BCUT2D eigenvalue weighted by molar-refractivity contribution is 6.30. The number of nitrogens with one attached hydrogen (secondary N) is 2. The monoisotopic (exact) mass is 516 g/mol. The number of ether oxygens (including phenoxy) is 1. The van der Waals surface area contributed by atoms with Crippen molar-refractivity contribution in [1.29, 1.82) is 0 Å². The Balaban J connectivity index is 1.34. The average Bonchev–Trinajstić information content (AvgIpc) is 3.43. The second-order valence-electron chi connectivity index (χ2n) is 8.07. The van der Waals surface area contributed by atoms with Crippen molar-refractivity contribution >= 4 is 35.1 Å². The molecule has 2 N–H and O–H groups in total. The van der Waals surface area contributed by atoms with Crippen molar-refractivity contribution < 1.29 is 18.8 Å². The zero-order valence-corrected chi connectivity index (χ0v) is 20.1. The Morgan fingerprint density at radius 3 is 2.51 bits per heavy atom. The molecule has 4 aromatic rings. The second kappa shape index (κ2) is 10.9. The number of aromatic nitrogens is 2. The van der Waals surface area contributed by atoms with Gasteiger partial charge in [-0.3, -0.25) is 19.5 Å². The predicted molar refractivity (Wildman–Crippen MR) is 136 cm³/mol. The van der Waals surface area contributed by atoms with E-state index >= 15 is 0 Å². The summed E-state index contributed by atoms with van der Waals surface area (Å²) in [6.07, 6.45) is 4.46. The normalized spacial score (nSPS) is 15.2. The molecule has 3 heterocycles. The van der Waals surface area contributed by atoms with Crippen LogP contribution in [0.4, 0.5) is 5.69 Å². The molecule has 0 fully saturated rings. The van der Waals surface area contributed by atoms with E-state index in [4.69, 9.17) is 20.9 Å². The molecule has 37 heavy (non-hydrogen) atoms. The lowest BCUT2D eigenvalue weighted by atomic mass is 10.1. The van der Waals surface area contributed by atoms with E-state index in [2.05, 4.69) is 25.8 Å². The molecule has 1 aliphatic rings. The van der Waals surface area contributed by atoms with Crippen molar-refractivity contribution in [2.24, 2.45) is 4.99 Å². The van der Waals surface area contributed by atoms with E-state index in [0.717, 1.165) is 5.56 Å². The summed E-state index contributed by atoms with van der Waals surface area (Å²) in [6.45, 7) is 0.319. The molecule has 5 rings (SSSR count). The molecule has 0 bridgehead atoms. The second-order valence-corrected chi connectivity index (χ2v) is 8.50. The third-order valence-electron chi connectivity index (χ3n) is 5.49. The zero-order chi connectivity index (χ0) is 25.6. The van der Waals surface area contributed by atoms with Gasteiger partial charge in [0.2, 0.25) is 5.96 Å². The van der Waals surface area contributed by atoms with Crippen LogP contribution in [0.5, 0.6) is 11.6 Å². The molecular weight excluding hydrogens is 496 g/mol. The van der Waals surface area contributed by atoms with Crippen molar-refractivity contribution in [3.05, 3.63) is 102 Å². The van der Waals surface area contributed by atoms with Crippen LogP contribution in [-0.4, -0.2) is 45.4 Å². The average molecular weight is 517 g/mol. The van der Waals surface area contributed by atoms with Crippen LogP contribution in [-0.2, 0) is 11.3 Å². The fraction of sp³-hybridized carbons (Fsp3) is 0.115. The smallest absolute Gasteiger partial charge is 0.259 e. The maximum atomic E-state index is 13.5. The quantitative estimate of drug-likeness (QED) is 0.379. The Morgan fingerprint density at radius 1 is 1.05 bits per heavy atom. The van der Waals surface area contributed by atoms with Crippen LogP contribution in [0.25, 0.3) is 0 Å². The number of guanidine groups is 1. The van der Waals surface area contributed by atoms with E-state index < -0.39 is 6.04 Å². The number of rotatable bonds is 7. The highest BCUT2D eigenvalue weighted by Gasteiger charge is 2.33. The number of carbonyl (C=O) groups excluding carboxylic acids is 2. The third kappa shape index (κ3) is 5.93. The number of anilines is 1. The van der Waals surface area contributed by atoms with Crippen LogP contribution in [0.15, 0.2) is 94.9 Å². The first kappa shape index (κ1) is 24.0. The molecule has 0 radical (unpaired) electrons. The Kier molecular flexibility index (Phi) is 7.09. The van der Waals surface area contributed by atoms with Crippen molar-refractivity contribution in [1.82, 2.24) is 20.4 Å². The van der Waals surface area contributed by atoms with Crippen molar-refractivity contribution in [2.45, 2.75) is 12.6 Å². The highest BCUT2D eigenvalue weighted by Crippen LogP contribution is 2.23. The van der Waals surface area contributed by atoms with Gasteiger partial charge < -0.3 is 19.9 Å². The lowest BCUT2D eigenvalue weighted by molar-refractivity contribution is -0.130. The molecule has 1 unspecified atom stereocenters. The number of hydrogen-bond acceptors (Lipinski definition) is 8. The number of aliphatic imine (C=N–C) groups is 1. The van der Waals surface area contributed by atoms with Gasteiger partial charge in [-0.25, -0.2) is 4.99 Å². The molecule has 2 aromatic heterocycles. The van der Waals surface area contributed by atoms with Crippen molar-refractivity contribution in [3.63, 3.8) is 0 Å². The summed E-state index contributed by atoms with van der Waals surface area (Å²) in [5, 5.41) is 10.3. The summed E-state index contributed by atoms with van der Waals surface area (Å²) in [5.74, 6) is 0.608. The van der Waals surface area contributed by atoms with Gasteiger partial charge in [-0.1, -0.05) is 23.7 Å². The fourth-order valence-corrected chi connectivity index (χ4v) is 3.75. The first-order chi connectivity index (χ1) is 18.0. The summed E-state index contributed by atoms with van der Waals surface area (Å²) < 4.78 is 10.4. The molecule has 186 valence electrons. The minimum absolute atomic E-state index is 0.0858.